The second kappa shape index (κ2) is 4.71. The molecule has 1 aliphatic carbocycles. The third-order valence-electron chi connectivity index (χ3n) is 3.14. The Kier molecular flexibility index (Phi) is 3.41. The minimum atomic E-state index is -3.40. The van der Waals surface area contributed by atoms with E-state index in [1.807, 2.05) is 6.92 Å². The van der Waals surface area contributed by atoms with Gasteiger partial charge in [-0.25, -0.2) is 8.42 Å². The Morgan fingerprint density at radius 3 is 2.39 bits per heavy atom. The van der Waals surface area contributed by atoms with Crippen LogP contribution < -0.4 is 0 Å². The zero-order valence-electron chi connectivity index (χ0n) is 10.5. The van der Waals surface area contributed by atoms with E-state index in [0.717, 1.165) is 0 Å². The summed E-state index contributed by atoms with van der Waals surface area (Å²) in [7, 11) is -1.78. The van der Waals surface area contributed by atoms with Crippen molar-refractivity contribution in [1.82, 2.24) is 0 Å². The summed E-state index contributed by atoms with van der Waals surface area (Å²) in [5, 5.41) is 0. The molecule has 1 aromatic rings. The molecule has 0 heterocycles. The molecule has 3 nitrogen and oxygen atoms in total. The molecule has 0 radical (unpaired) electrons. The second-order valence-corrected chi connectivity index (χ2v) is 6.43. The average molecular weight is 264 g/mol. The highest BCUT2D eigenvalue weighted by molar-refractivity contribution is 7.95. The molecule has 0 aromatic heterocycles. The molecule has 0 bridgehead atoms. The minimum Gasteiger partial charge on any atom is -0.374 e. The van der Waals surface area contributed by atoms with Crippen LogP contribution in [-0.4, -0.2) is 21.1 Å². The van der Waals surface area contributed by atoms with Crippen molar-refractivity contribution >= 4 is 9.84 Å². The fourth-order valence-corrected chi connectivity index (χ4v) is 3.12. The molecule has 96 valence electrons. The van der Waals surface area contributed by atoms with E-state index >= 15 is 0 Å². The van der Waals surface area contributed by atoms with E-state index < -0.39 is 15.4 Å². The molecule has 1 atom stereocenters. The van der Waals surface area contributed by atoms with Crippen LogP contribution in [0.2, 0.25) is 0 Å². The van der Waals surface area contributed by atoms with Crippen LogP contribution in [0.25, 0.3) is 0 Å². The molecule has 1 unspecified atom stereocenters. The summed E-state index contributed by atoms with van der Waals surface area (Å²) in [5.74, 6) is 0. The van der Waals surface area contributed by atoms with Crippen molar-refractivity contribution < 1.29 is 13.2 Å². The lowest BCUT2D eigenvalue weighted by Crippen LogP contribution is -2.26. The molecule has 0 saturated carbocycles. The van der Waals surface area contributed by atoms with Gasteiger partial charge in [-0.2, -0.15) is 0 Å². The van der Waals surface area contributed by atoms with E-state index in [4.69, 9.17) is 4.74 Å². The summed E-state index contributed by atoms with van der Waals surface area (Å²) in [6.07, 6.45) is 5.69. The Hall–Kier alpha value is -1.39. The third-order valence-corrected chi connectivity index (χ3v) is 4.95. The quantitative estimate of drug-likeness (QED) is 0.843. The lowest BCUT2D eigenvalue weighted by molar-refractivity contribution is 0.0504. The maximum atomic E-state index is 12.3. The van der Waals surface area contributed by atoms with Crippen molar-refractivity contribution in [3.63, 3.8) is 0 Å². The molecular weight excluding hydrogens is 248 g/mol. The normalized spacial score (nSPS) is 23.8. The minimum absolute atomic E-state index is 0.321. The van der Waals surface area contributed by atoms with Crippen LogP contribution in [0.4, 0.5) is 0 Å². The summed E-state index contributed by atoms with van der Waals surface area (Å²) in [6, 6.07) is 8.45. The van der Waals surface area contributed by atoms with Gasteiger partial charge in [0.1, 0.15) is 0 Å². The van der Waals surface area contributed by atoms with Gasteiger partial charge in [0, 0.05) is 7.11 Å². The smallest absolute Gasteiger partial charge is 0.206 e. The molecule has 2 rings (SSSR count). The van der Waals surface area contributed by atoms with E-state index in [-0.39, 0.29) is 0 Å². The lowest BCUT2D eigenvalue weighted by Gasteiger charge is -2.26. The van der Waals surface area contributed by atoms with Crippen molar-refractivity contribution in [3.8, 4) is 0 Å². The number of methoxy groups -OCH3 is 1. The summed E-state index contributed by atoms with van der Waals surface area (Å²) >= 11 is 0. The van der Waals surface area contributed by atoms with Crippen molar-refractivity contribution in [2.45, 2.75) is 23.8 Å². The summed E-state index contributed by atoms with van der Waals surface area (Å²) < 4.78 is 30.0. The van der Waals surface area contributed by atoms with Gasteiger partial charge in [0.15, 0.2) is 0 Å². The maximum absolute atomic E-state index is 12.3. The van der Waals surface area contributed by atoms with Crippen LogP contribution in [0, 0.1) is 0 Å². The third kappa shape index (κ3) is 2.40. The topological polar surface area (TPSA) is 43.4 Å². The molecule has 1 aromatic carbocycles. The first-order chi connectivity index (χ1) is 8.48. The maximum Gasteiger partial charge on any atom is 0.206 e. The van der Waals surface area contributed by atoms with E-state index in [0.29, 0.717) is 16.2 Å². The highest BCUT2D eigenvalue weighted by atomic mass is 32.2. The molecule has 0 fully saturated rings. The molecule has 0 aliphatic heterocycles. The van der Waals surface area contributed by atoms with Crippen LogP contribution in [0.3, 0.4) is 0 Å². The van der Waals surface area contributed by atoms with E-state index in [2.05, 4.69) is 0 Å². The molecule has 0 N–H and O–H groups in total. The van der Waals surface area contributed by atoms with E-state index in [9.17, 15) is 8.42 Å². The zero-order valence-corrected chi connectivity index (χ0v) is 11.3. The van der Waals surface area contributed by atoms with Crippen LogP contribution in [0.15, 0.2) is 58.4 Å². The first kappa shape index (κ1) is 13.1. The average Bonchev–Trinajstić information content (AvgIpc) is 2.40. The lowest BCUT2D eigenvalue weighted by atomic mass is 9.98. The highest BCUT2D eigenvalue weighted by Gasteiger charge is 2.26. The monoisotopic (exact) mass is 264 g/mol. The van der Waals surface area contributed by atoms with Gasteiger partial charge in [-0.3, -0.25) is 0 Å². The Morgan fingerprint density at radius 2 is 1.89 bits per heavy atom. The molecular formula is C14H16O3S. The van der Waals surface area contributed by atoms with Crippen molar-refractivity contribution in [1.29, 1.82) is 0 Å². The van der Waals surface area contributed by atoms with Crippen molar-refractivity contribution in [3.05, 3.63) is 53.5 Å². The van der Waals surface area contributed by atoms with Crippen molar-refractivity contribution in [2.75, 3.05) is 7.11 Å². The molecule has 0 spiro atoms. The molecule has 18 heavy (non-hydrogen) atoms. The van der Waals surface area contributed by atoms with Gasteiger partial charge in [-0.05, 0) is 31.6 Å². The number of sulfone groups is 1. The van der Waals surface area contributed by atoms with Gasteiger partial charge < -0.3 is 4.74 Å². The zero-order chi connectivity index (χ0) is 13.2. The Morgan fingerprint density at radius 1 is 1.22 bits per heavy atom. The van der Waals surface area contributed by atoms with Gasteiger partial charge in [0.2, 0.25) is 9.84 Å². The van der Waals surface area contributed by atoms with E-state index in [1.54, 1.807) is 55.7 Å². The molecule has 1 aliphatic rings. The van der Waals surface area contributed by atoms with Crippen LogP contribution >= 0.6 is 0 Å². The van der Waals surface area contributed by atoms with Gasteiger partial charge in [0.05, 0.1) is 15.4 Å². The number of ether oxygens (including phenoxy) is 1. The Bertz CT molecular complexity index is 585. The summed E-state index contributed by atoms with van der Waals surface area (Å²) in [5.41, 5.74) is -0.407. The van der Waals surface area contributed by atoms with Gasteiger partial charge in [-0.1, -0.05) is 30.4 Å². The van der Waals surface area contributed by atoms with Crippen LogP contribution in [0.5, 0.6) is 0 Å². The van der Waals surface area contributed by atoms with Gasteiger partial charge in [-0.15, -0.1) is 0 Å². The predicted molar refractivity (Wildman–Crippen MR) is 70.9 cm³/mol. The summed E-state index contributed by atoms with van der Waals surface area (Å²) in [4.78, 5) is 0.658. The number of rotatable bonds is 3. The fraction of sp³-hybridized carbons (Fsp3) is 0.286. The van der Waals surface area contributed by atoms with Crippen molar-refractivity contribution in [2.24, 2.45) is 0 Å². The molecule has 0 saturated heterocycles. The number of hydrogen-bond acceptors (Lipinski definition) is 3. The van der Waals surface area contributed by atoms with Gasteiger partial charge >= 0.3 is 0 Å². The predicted octanol–water partition coefficient (Wildman–Crippen LogP) is 2.71. The number of hydrogen-bond donors (Lipinski definition) is 0. The summed E-state index contributed by atoms with van der Waals surface area (Å²) in [6.45, 7) is 1.92. The number of benzene rings is 1. The SMILES string of the molecule is COC1(C)C=CC(S(=O)(=O)c2ccccc2)=CC1. The van der Waals surface area contributed by atoms with E-state index in [1.165, 1.54) is 0 Å². The number of allylic oxidation sites excluding steroid dienone is 1. The second-order valence-electron chi connectivity index (χ2n) is 4.48. The largest absolute Gasteiger partial charge is 0.374 e. The highest BCUT2D eigenvalue weighted by Crippen LogP contribution is 2.29. The Labute approximate surface area is 108 Å². The van der Waals surface area contributed by atoms with Crippen LogP contribution in [0.1, 0.15) is 13.3 Å². The Balaban J connectivity index is 2.33. The standard InChI is InChI=1S/C14H16O3S/c1-14(17-2)10-8-13(9-11-14)18(15,16)12-6-4-3-5-7-12/h3-10H,11H2,1-2H3. The molecule has 4 heteroatoms. The first-order valence-electron chi connectivity index (χ1n) is 5.73. The fourth-order valence-electron chi connectivity index (χ4n) is 1.78. The first-order valence-corrected chi connectivity index (χ1v) is 7.21. The van der Waals surface area contributed by atoms with Crippen LogP contribution in [-0.2, 0) is 14.6 Å². The van der Waals surface area contributed by atoms with Gasteiger partial charge in [0.25, 0.3) is 0 Å². The molecule has 0 amide bonds.